The zero-order chi connectivity index (χ0) is 8.48. The second-order valence-electron chi connectivity index (χ2n) is 4.89. The van der Waals surface area contributed by atoms with E-state index in [0.29, 0.717) is 5.41 Å². The van der Waals surface area contributed by atoms with Crippen LogP contribution in [-0.4, -0.2) is 0 Å². The van der Waals surface area contributed by atoms with E-state index in [4.69, 9.17) is 0 Å². The maximum Gasteiger partial charge on any atom is -0.0298 e. The molecule has 0 nitrogen and oxygen atoms in total. The van der Waals surface area contributed by atoms with Gasteiger partial charge in [0.25, 0.3) is 0 Å². The van der Waals surface area contributed by atoms with E-state index in [0.717, 1.165) is 11.8 Å². The predicted molar refractivity (Wildman–Crippen MR) is 50.6 cm³/mol. The van der Waals surface area contributed by atoms with Crippen LogP contribution < -0.4 is 0 Å². The van der Waals surface area contributed by atoms with E-state index in [2.05, 4.69) is 27.7 Å². The zero-order valence-corrected chi connectivity index (χ0v) is 8.48. The highest BCUT2D eigenvalue weighted by atomic mass is 14.4. The lowest BCUT2D eigenvalue weighted by molar-refractivity contribution is 0.159. The fourth-order valence-corrected chi connectivity index (χ4v) is 2.44. The van der Waals surface area contributed by atoms with Crippen molar-refractivity contribution in [2.24, 2.45) is 17.3 Å². The second-order valence-corrected chi connectivity index (χ2v) is 4.89. The number of hydrogen-bond acceptors (Lipinski definition) is 0. The Morgan fingerprint density at radius 1 is 1.00 bits per heavy atom. The van der Waals surface area contributed by atoms with Gasteiger partial charge in [0.1, 0.15) is 0 Å². The van der Waals surface area contributed by atoms with Crippen molar-refractivity contribution < 1.29 is 0 Å². The molecule has 0 saturated heterocycles. The average molecular weight is 154 g/mol. The second kappa shape index (κ2) is 3.16. The zero-order valence-electron chi connectivity index (χ0n) is 8.48. The number of rotatable bonds is 2. The molecule has 0 aromatic heterocycles. The molecule has 0 bridgehead atoms. The third-order valence-corrected chi connectivity index (χ3v) is 3.85. The van der Waals surface area contributed by atoms with E-state index in [1.165, 1.54) is 25.7 Å². The van der Waals surface area contributed by atoms with Crippen molar-refractivity contribution in [2.45, 2.75) is 53.4 Å². The van der Waals surface area contributed by atoms with Gasteiger partial charge in [0.2, 0.25) is 0 Å². The van der Waals surface area contributed by atoms with Crippen molar-refractivity contribution in [3.63, 3.8) is 0 Å². The smallest absolute Gasteiger partial charge is 0.0298 e. The largest absolute Gasteiger partial charge is 0.0625 e. The Labute approximate surface area is 71.4 Å². The average Bonchev–Trinajstić information content (AvgIpc) is 2.35. The Kier molecular flexibility index (Phi) is 2.61. The van der Waals surface area contributed by atoms with Crippen LogP contribution in [-0.2, 0) is 0 Å². The molecule has 1 aliphatic rings. The maximum atomic E-state index is 2.48. The van der Waals surface area contributed by atoms with Crippen LogP contribution in [0.25, 0.3) is 0 Å². The molecule has 0 N–H and O–H groups in total. The van der Waals surface area contributed by atoms with Crippen LogP contribution in [0.1, 0.15) is 53.4 Å². The van der Waals surface area contributed by atoms with E-state index in [1.54, 1.807) is 0 Å². The van der Waals surface area contributed by atoms with E-state index in [-0.39, 0.29) is 0 Å². The van der Waals surface area contributed by atoms with Gasteiger partial charge in [0.15, 0.2) is 0 Å². The Morgan fingerprint density at radius 3 is 1.82 bits per heavy atom. The summed E-state index contributed by atoms with van der Waals surface area (Å²) in [6.45, 7) is 9.61. The van der Waals surface area contributed by atoms with E-state index in [9.17, 15) is 0 Å². The molecule has 1 atom stereocenters. The summed E-state index contributed by atoms with van der Waals surface area (Å²) < 4.78 is 0. The van der Waals surface area contributed by atoms with Crippen LogP contribution in [0.2, 0.25) is 0 Å². The summed E-state index contributed by atoms with van der Waals surface area (Å²) in [6.07, 6.45) is 5.86. The minimum absolute atomic E-state index is 0.675. The summed E-state index contributed by atoms with van der Waals surface area (Å²) in [4.78, 5) is 0. The Hall–Kier alpha value is 0. The molecule has 0 radical (unpaired) electrons. The normalized spacial score (nSPS) is 25.9. The molecular formula is C11H22. The van der Waals surface area contributed by atoms with Crippen LogP contribution >= 0.6 is 0 Å². The van der Waals surface area contributed by atoms with Gasteiger partial charge in [-0.1, -0.05) is 40.5 Å². The first-order valence-electron chi connectivity index (χ1n) is 5.06. The molecule has 0 amide bonds. The summed E-state index contributed by atoms with van der Waals surface area (Å²) in [7, 11) is 0. The van der Waals surface area contributed by atoms with Crippen molar-refractivity contribution in [1.82, 2.24) is 0 Å². The molecule has 1 unspecified atom stereocenters. The third kappa shape index (κ3) is 1.77. The number of hydrogen-bond donors (Lipinski definition) is 0. The van der Waals surface area contributed by atoms with E-state index < -0.39 is 0 Å². The molecule has 1 rings (SSSR count). The highest BCUT2D eigenvalue weighted by molar-refractivity contribution is 4.85. The minimum atomic E-state index is 0.675. The molecule has 1 fully saturated rings. The van der Waals surface area contributed by atoms with Crippen molar-refractivity contribution in [2.75, 3.05) is 0 Å². The topological polar surface area (TPSA) is 0 Å². The predicted octanol–water partition coefficient (Wildman–Crippen LogP) is 3.86. The molecule has 66 valence electrons. The molecule has 0 aromatic carbocycles. The van der Waals surface area contributed by atoms with Crippen LogP contribution in [0.3, 0.4) is 0 Å². The van der Waals surface area contributed by atoms with E-state index >= 15 is 0 Å². The Bertz CT molecular complexity index is 118. The lowest BCUT2D eigenvalue weighted by atomic mass is 9.71. The highest BCUT2D eigenvalue weighted by Gasteiger charge is 2.35. The lowest BCUT2D eigenvalue weighted by Crippen LogP contribution is -2.25. The standard InChI is InChI=1S/C11H22/c1-9(2)10(3)11(4)7-5-6-8-11/h9-10H,5-8H2,1-4H3. The van der Waals surface area contributed by atoms with Gasteiger partial charge >= 0.3 is 0 Å². The molecular weight excluding hydrogens is 132 g/mol. The molecule has 0 aromatic rings. The summed E-state index contributed by atoms with van der Waals surface area (Å²) in [5.41, 5.74) is 0.675. The summed E-state index contributed by atoms with van der Waals surface area (Å²) in [5.74, 6) is 1.77. The van der Waals surface area contributed by atoms with Crippen LogP contribution in [0.15, 0.2) is 0 Å². The SMILES string of the molecule is CC(C)C(C)C1(C)CCCC1. The van der Waals surface area contributed by atoms with E-state index in [1.807, 2.05) is 0 Å². The lowest BCUT2D eigenvalue weighted by Gasteiger charge is -2.34. The summed E-state index contributed by atoms with van der Waals surface area (Å²) >= 11 is 0. The monoisotopic (exact) mass is 154 g/mol. The Morgan fingerprint density at radius 2 is 1.45 bits per heavy atom. The van der Waals surface area contributed by atoms with Crippen molar-refractivity contribution >= 4 is 0 Å². The molecule has 0 heteroatoms. The quantitative estimate of drug-likeness (QED) is 0.566. The van der Waals surface area contributed by atoms with Gasteiger partial charge in [-0.05, 0) is 30.1 Å². The van der Waals surface area contributed by atoms with Crippen LogP contribution in [0, 0.1) is 17.3 Å². The van der Waals surface area contributed by atoms with Gasteiger partial charge in [0.05, 0.1) is 0 Å². The molecule has 1 saturated carbocycles. The van der Waals surface area contributed by atoms with Crippen LogP contribution in [0.5, 0.6) is 0 Å². The Balaban J connectivity index is 2.56. The van der Waals surface area contributed by atoms with Gasteiger partial charge < -0.3 is 0 Å². The fourth-order valence-electron chi connectivity index (χ4n) is 2.44. The minimum Gasteiger partial charge on any atom is -0.0625 e. The van der Waals surface area contributed by atoms with Gasteiger partial charge in [0, 0.05) is 0 Å². The first-order valence-corrected chi connectivity index (χ1v) is 5.06. The van der Waals surface area contributed by atoms with Gasteiger partial charge in [-0.15, -0.1) is 0 Å². The highest BCUT2D eigenvalue weighted by Crippen LogP contribution is 2.46. The maximum absolute atomic E-state index is 2.48. The molecule has 11 heavy (non-hydrogen) atoms. The first kappa shape index (κ1) is 9.09. The van der Waals surface area contributed by atoms with Crippen molar-refractivity contribution in [1.29, 1.82) is 0 Å². The van der Waals surface area contributed by atoms with Crippen molar-refractivity contribution in [3.8, 4) is 0 Å². The third-order valence-electron chi connectivity index (χ3n) is 3.85. The first-order chi connectivity index (χ1) is 5.06. The molecule has 1 aliphatic carbocycles. The van der Waals surface area contributed by atoms with Gasteiger partial charge in [-0.2, -0.15) is 0 Å². The van der Waals surface area contributed by atoms with Crippen molar-refractivity contribution in [3.05, 3.63) is 0 Å². The van der Waals surface area contributed by atoms with Gasteiger partial charge in [-0.25, -0.2) is 0 Å². The fraction of sp³-hybridized carbons (Fsp3) is 1.00. The molecule has 0 aliphatic heterocycles. The van der Waals surface area contributed by atoms with Gasteiger partial charge in [-0.3, -0.25) is 0 Å². The van der Waals surface area contributed by atoms with Crippen LogP contribution in [0.4, 0.5) is 0 Å². The summed E-state index contributed by atoms with van der Waals surface area (Å²) in [6, 6.07) is 0. The molecule has 0 spiro atoms. The molecule has 0 heterocycles. The summed E-state index contributed by atoms with van der Waals surface area (Å²) in [5, 5.41) is 0.